The van der Waals surface area contributed by atoms with Crippen LogP contribution in [0, 0.1) is 23.2 Å². The second-order valence-corrected chi connectivity index (χ2v) is 9.47. The molecule has 144 valence electrons. The summed E-state index contributed by atoms with van der Waals surface area (Å²) in [6.45, 7) is 0. The van der Waals surface area contributed by atoms with Crippen molar-refractivity contribution in [3.8, 4) is 0 Å². The van der Waals surface area contributed by atoms with E-state index in [0.29, 0.717) is 22.0 Å². The second-order valence-electron chi connectivity index (χ2n) is 8.63. The number of benzene rings is 1. The van der Waals surface area contributed by atoms with Crippen LogP contribution in [0.1, 0.15) is 50.5 Å². The van der Waals surface area contributed by atoms with Gasteiger partial charge in [-0.25, -0.2) is 0 Å². The molecule has 4 aliphatic rings. The number of hydrazine groups is 1. The Hall–Kier alpha value is -1.52. The van der Waals surface area contributed by atoms with Crippen LogP contribution >= 0.6 is 23.2 Å². The summed E-state index contributed by atoms with van der Waals surface area (Å²) in [7, 11) is 0. The van der Waals surface area contributed by atoms with Gasteiger partial charge >= 0.3 is 0 Å². The number of halogens is 2. The van der Waals surface area contributed by atoms with Gasteiger partial charge in [-0.2, -0.15) is 0 Å². The molecule has 2 amide bonds. The molecule has 1 aromatic carbocycles. The minimum absolute atomic E-state index is 0.0942. The number of nitrogens with one attached hydrogen (secondary N) is 2. The van der Waals surface area contributed by atoms with E-state index in [-0.39, 0.29) is 17.2 Å². The van der Waals surface area contributed by atoms with E-state index in [4.69, 9.17) is 23.2 Å². The van der Waals surface area contributed by atoms with Crippen LogP contribution in [0.3, 0.4) is 0 Å². The molecule has 4 fully saturated rings. The lowest BCUT2D eigenvalue weighted by atomic mass is 9.49. The highest BCUT2D eigenvalue weighted by Crippen LogP contribution is 2.61. The van der Waals surface area contributed by atoms with Crippen molar-refractivity contribution in [3.63, 3.8) is 0 Å². The summed E-state index contributed by atoms with van der Waals surface area (Å²) in [5.41, 5.74) is 5.90. The van der Waals surface area contributed by atoms with Gasteiger partial charge in [0.1, 0.15) is 0 Å². The summed E-state index contributed by atoms with van der Waals surface area (Å²) >= 11 is 11.9. The first-order valence-electron chi connectivity index (χ1n) is 9.63. The zero-order chi connectivity index (χ0) is 19.0. The van der Waals surface area contributed by atoms with Crippen LogP contribution in [-0.4, -0.2) is 11.8 Å². The van der Waals surface area contributed by atoms with E-state index >= 15 is 0 Å². The number of carbonyl (C=O) groups excluding carboxylic acids is 2. The maximum absolute atomic E-state index is 12.4. The van der Waals surface area contributed by atoms with E-state index in [1.54, 1.807) is 24.3 Å². The third-order valence-electron chi connectivity index (χ3n) is 6.40. The molecule has 0 unspecified atom stereocenters. The van der Waals surface area contributed by atoms with Crippen LogP contribution in [0.15, 0.2) is 24.3 Å². The molecule has 4 bridgehead atoms. The summed E-state index contributed by atoms with van der Waals surface area (Å²) < 4.78 is 0. The standard InChI is InChI=1S/C21H24Cl2N2O2/c22-17-3-1-16(18(23)8-17)2-4-19(26)24-25-20(27)12-21-9-13-5-14(10-21)7-15(6-13)11-21/h1-4,8,13-15H,5-7,9-12H2,(H,24,26)(H,25,27)/b4-2+. The molecule has 6 heteroatoms. The third kappa shape index (κ3) is 4.33. The molecule has 4 aliphatic carbocycles. The predicted octanol–water partition coefficient (Wildman–Crippen LogP) is 4.76. The van der Waals surface area contributed by atoms with Crippen molar-refractivity contribution in [1.29, 1.82) is 0 Å². The molecule has 0 aromatic heterocycles. The number of carbonyl (C=O) groups is 2. The van der Waals surface area contributed by atoms with Crippen molar-refractivity contribution in [2.24, 2.45) is 23.2 Å². The first-order chi connectivity index (χ1) is 12.9. The maximum atomic E-state index is 12.4. The first kappa shape index (κ1) is 18.8. The largest absolute Gasteiger partial charge is 0.273 e. The molecule has 0 heterocycles. The summed E-state index contributed by atoms with van der Waals surface area (Å²) in [5, 5.41) is 1.01. The fourth-order valence-corrected chi connectivity index (χ4v) is 6.34. The van der Waals surface area contributed by atoms with Crippen LogP contribution in [0.4, 0.5) is 0 Å². The molecule has 0 aliphatic heterocycles. The fraction of sp³-hybridized carbons (Fsp3) is 0.524. The number of hydrogen-bond donors (Lipinski definition) is 2. The van der Waals surface area contributed by atoms with Crippen LogP contribution in [-0.2, 0) is 9.59 Å². The molecule has 1 aromatic rings. The van der Waals surface area contributed by atoms with Crippen molar-refractivity contribution in [2.75, 3.05) is 0 Å². The van der Waals surface area contributed by atoms with Gasteiger partial charge in [0, 0.05) is 22.5 Å². The highest BCUT2D eigenvalue weighted by molar-refractivity contribution is 6.35. The van der Waals surface area contributed by atoms with Gasteiger partial charge < -0.3 is 0 Å². The van der Waals surface area contributed by atoms with Gasteiger partial charge in [-0.15, -0.1) is 0 Å². The summed E-state index contributed by atoms with van der Waals surface area (Å²) in [6.07, 6.45) is 11.1. The van der Waals surface area contributed by atoms with E-state index in [9.17, 15) is 9.59 Å². The molecule has 4 saturated carbocycles. The minimum Gasteiger partial charge on any atom is -0.273 e. The average molecular weight is 407 g/mol. The normalized spacial score (nSPS) is 31.3. The monoisotopic (exact) mass is 406 g/mol. The van der Waals surface area contributed by atoms with E-state index in [0.717, 1.165) is 17.8 Å². The molecule has 0 saturated heterocycles. The van der Waals surface area contributed by atoms with E-state index in [1.807, 2.05) is 0 Å². The summed E-state index contributed by atoms with van der Waals surface area (Å²) in [4.78, 5) is 24.4. The lowest BCUT2D eigenvalue weighted by Gasteiger charge is -2.56. The van der Waals surface area contributed by atoms with Crippen molar-refractivity contribution in [2.45, 2.75) is 44.9 Å². The smallest absolute Gasteiger partial charge is 0.262 e. The van der Waals surface area contributed by atoms with Crippen LogP contribution in [0.5, 0.6) is 0 Å². The molecule has 2 N–H and O–H groups in total. The lowest BCUT2D eigenvalue weighted by molar-refractivity contribution is -0.133. The first-order valence-corrected chi connectivity index (χ1v) is 10.4. The van der Waals surface area contributed by atoms with Crippen molar-refractivity contribution in [3.05, 3.63) is 39.9 Å². The van der Waals surface area contributed by atoms with Gasteiger partial charge in [0.05, 0.1) is 0 Å². The Bertz CT molecular complexity index is 755. The van der Waals surface area contributed by atoms with Crippen molar-refractivity contribution in [1.82, 2.24) is 10.9 Å². The summed E-state index contributed by atoms with van der Waals surface area (Å²) in [6, 6.07) is 5.06. The van der Waals surface area contributed by atoms with Gasteiger partial charge in [0.15, 0.2) is 0 Å². The quantitative estimate of drug-likeness (QED) is 0.559. The molecular formula is C21H24Cl2N2O2. The highest BCUT2D eigenvalue weighted by atomic mass is 35.5. The lowest BCUT2D eigenvalue weighted by Crippen LogP contribution is -2.49. The fourth-order valence-electron chi connectivity index (χ4n) is 5.87. The van der Waals surface area contributed by atoms with Gasteiger partial charge in [-0.1, -0.05) is 29.3 Å². The molecule has 0 spiro atoms. The van der Waals surface area contributed by atoms with Gasteiger partial charge in [0.2, 0.25) is 5.91 Å². The Kier molecular flexibility index (Phi) is 5.21. The Morgan fingerprint density at radius 3 is 2.26 bits per heavy atom. The zero-order valence-electron chi connectivity index (χ0n) is 15.1. The van der Waals surface area contributed by atoms with E-state index in [1.165, 1.54) is 44.6 Å². The highest BCUT2D eigenvalue weighted by Gasteiger charge is 2.51. The maximum Gasteiger partial charge on any atom is 0.262 e. The number of hydrogen-bond acceptors (Lipinski definition) is 2. The predicted molar refractivity (Wildman–Crippen MR) is 107 cm³/mol. The zero-order valence-corrected chi connectivity index (χ0v) is 16.7. The average Bonchev–Trinajstić information content (AvgIpc) is 2.57. The van der Waals surface area contributed by atoms with E-state index < -0.39 is 0 Å². The molecule has 0 atom stereocenters. The summed E-state index contributed by atoms with van der Waals surface area (Å²) in [5.74, 6) is 1.95. The molecule has 0 radical (unpaired) electrons. The number of amides is 2. The van der Waals surface area contributed by atoms with Gasteiger partial charge in [0.25, 0.3) is 5.91 Å². The SMILES string of the molecule is O=C(/C=C/c1ccc(Cl)cc1Cl)NNC(=O)CC12CC3CC(CC(C3)C1)C2. The van der Waals surface area contributed by atoms with Gasteiger partial charge in [-0.05, 0) is 85.5 Å². The van der Waals surface area contributed by atoms with Crippen LogP contribution < -0.4 is 10.9 Å². The van der Waals surface area contributed by atoms with Crippen LogP contribution in [0.25, 0.3) is 6.08 Å². The second kappa shape index (κ2) is 7.48. The Morgan fingerprint density at radius 1 is 1.04 bits per heavy atom. The topological polar surface area (TPSA) is 58.2 Å². The Morgan fingerprint density at radius 2 is 1.67 bits per heavy atom. The van der Waals surface area contributed by atoms with Crippen molar-refractivity contribution >= 4 is 41.1 Å². The molecule has 5 rings (SSSR count). The minimum atomic E-state index is -0.389. The molecule has 27 heavy (non-hydrogen) atoms. The molecule has 4 nitrogen and oxygen atoms in total. The number of rotatable bonds is 4. The third-order valence-corrected chi connectivity index (χ3v) is 6.96. The molecular weight excluding hydrogens is 383 g/mol. The van der Waals surface area contributed by atoms with Gasteiger partial charge in [-0.3, -0.25) is 20.4 Å². The Labute approximate surface area is 169 Å². The van der Waals surface area contributed by atoms with Crippen molar-refractivity contribution < 1.29 is 9.59 Å². The Balaban J connectivity index is 1.28. The van der Waals surface area contributed by atoms with Crippen LogP contribution in [0.2, 0.25) is 10.0 Å². The van der Waals surface area contributed by atoms with E-state index in [2.05, 4.69) is 10.9 Å².